The summed E-state index contributed by atoms with van der Waals surface area (Å²) in [4.78, 5) is 38.7. The molecule has 7 rings (SSSR count). The average molecular weight is 560 g/mol. The summed E-state index contributed by atoms with van der Waals surface area (Å²) in [6.07, 6.45) is 4.68. The second-order valence-corrected chi connectivity index (χ2v) is 10.1. The molecule has 7 aromatic rings. The van der Waals surface area contributed by atoms with E-state index in [9.17, 15) is 9.59 Å². The Morgan fingerprint density at radius 1 is 0.951 bits per heavy atom. The number of fused-ring (bicyclic) bond motifs is 3. The lowest BCUT2D eigenvalue weighted by Gasteiger charge is -2.24. The van der Waals surface area contributed by atoms with Crippen LogP contribution in [-0.4, -0.2) is 29.7 Å². The van der Waals surface area contributed by atoms with Gasteiger partial charge in [0.2, 0.25) is 0 Å². The van der Waals surface area contributed by atoms with E-state index in [2.05, 4.69) is 30.5 Å². The van der Waals surface area contributed by atoms with Gasteiger partial charge in [0.05, 0.1) is 33.9 Å². The molecule has 4 aromatic heterocycles. The van der Waals surface area contributed by atoms with Gasteiger partial charge in [-0.15, -0.1) is 0 Å². The van der Waals surface area contributed by atoms with Gasteiger partial charge in [-0.1, -0.05) is 54.1 Å². The Kier molecular flexibility index (Phi) is 5.87. The molecule has 4 heterocycles. The number of halogens is 1. The first-order chi connectivity index (χ1) is 20.0. The van der Waals surface area contributed by atoms with Crippen LogP contribution in [0.1, 0.15) is 18.7 Å². The van der Waals surface area contributed by atoms with Crippen molar-refractivity contribution in [1.82, 2.24) is 29.7 Å². The van der Waals surface area contributed by atoms with E-state index in [1.807, 2.05) is 73.7 Å². The van der Waals surface area contributed by atoms with E-state index in [0.29, 0.717) is 44.0 Å². The number of anilines is 1. The van der Waals surface area contributed by atoms with E-state index in [1.165, 1.54) is 12.4 Å². The fraction of sp³-hybridized carbons (Fsp3) is 0.0645. The molecule has 0 aliphatic rings. The second kappa shape index (κ2) is 9.72. The highest BCUT2D eigenvalue weighted by molar-refractivity contribution is 6.36. The molecule has 0 unspecified atom stereocenters. The Labute approximate surface area is 237 Å². The third-order valence-electron chi connectivity index (χ3n) is 7.26. The Bertz CT molecular complexity index is 2220. The Balaban J connectivity index is 1.48. The molecule has 0 radical (unpaired) electrons. The molecule has 0 spiro atoms. The van der Waals surface area contributed by atoms with Gasteiger partial charge in [-0.25, -0.2) is 9.97 Å². The van der Waals surface area contributed by atoms with Gasteiger partial charge in [-0.3, -0.25) is 19.3 Å². The molecular weight excluding hydrogens is 538 g/mol. The molecular formula is C31H22ClN7O2. The molecule has 0 saturated carbocycles. The number of hydrogen-bond donors (Lipinski definition) is 3. The minimum atomic E-state index is -0.525. The van der Waals surface area contributed by atoms with Crippen LogP contribution in [0.25, 0.3) is 49.5 Å². The summed E-state index contributed by atoms with van der Waals surface area (Å²) in [5.74, 6) is 0.342. The average Bonchev–Trinajstić information content (AvgIpc) is 3.47. The molecule has 200 valence electrons. The molecule has 41 heavy (non-hydrogen) atoms. The van der Waals surface area contributed by atoms with E-state index < -0.39 is 6.04 Å². The largest absolute Gasteiger partial charge is 0.361 e. The number of aromatic amines is 2. The zero-order valence-electron chi connectivity index (χ0n) is 21.7. The summed E-state index contributed by atoms with van der Waals surface area (Å²) < 4.78 is 1.63. The number of nitrogens with one attached hydrogen (secondary N) is 3. The van der Waals surface area contributed by atoms with Crippen LogP contribution in [-0.2, 0) is 0 Å². The molecule has 3 N–H and O–H groups in total. The lowest BCUT2D eigenvalue weighted by Crippen LogP contribution is -2.27. The minimum absolute atomic E-state index is 0.215. The third kappa shape index (κ3) is 4.06. The number of benzene rings is 3. The van der Waals surface area contributed by atoms with Gasteiger partial charge in [0, 0.05) is 28.7 Å². The summed E-state index contributed by atoms with van der Waals surface area (Å²) in [6.45, 7) is 1.88. The van der Waals surface area contributed by atoms with Gasteiger partial charge in [0.1, 0.15) is 23.2 Å². The summed E-state index contributed by atoms with van der Waals surface area (Å²) in [5, 5.41) is 13.2. The van der Waals surface area contributed by atoms with Crippen LogP contribution in [0, 0.1) is 0 Å². The number of rotatable bonds is 5. The van der Waals surface area contributed by atoms with Crippen molar-refractivity contribution in [3.63, 3.8) is 0 Å². The van der Waals surface area contributed by atoms with Crippen LogP contribution in [0.4, 0.5) is 5.82 Å². The minimum Gasteiger partial charge on any atom is -0.361 e. The Hall–Kier alpha value is -5.28. The molecule has 0 saturated heterocycles. The number of aromatic nitrogens is 6. The Morgan fingerprint density at radius 2 is 1.80 bits per heavy atom. The van der Waals surface area contributed by atoms with Crippen molar-refractivity contribution in [2.75, 3.05) is 5.32 Å². The number of hydrogen-bond acceptors (Lipinski definition) is 6. The first-order valence-electron chi connectivity index (χ1n) is 13.0. The van der Waals surface area contributed by atoms with E-state index in [4.69, 9.17) is 11.6 Å². The van der Waals surface area contributed by atoms with E-state index >= 15 is 0 Å². The van der Waals surface area contributed by atoms with Crippen molar-refractivity contribution in [2.45, 2.75) is 13.0 Å². The van der Waals surface area contributed by atoms with Gasteiger partial charge in [0.25, 0.3) is 5.56 Å². The molecule has 0 bridgehead atoms. The standard InChI is InChI=1S/C31H22ClN7O2/c1-17(37-30-26-24(40)12-13-33-29(26)34-16-35-30)28-27(32)22-9-5-8-21(18-10-11-23-19(14-18)15-36-38-23)25(22)31(41)39(28)20-6-3-2-4-7-20/h2-17H,1H3,(H,36,38)(H2,33,34,35,37,40)/t17-/m0/s1. The van der Waals surface area contributed by atoms with Crippen molar-refractivity contribution >= 4 is 50.1 Å². The molecule has 0 aliphatic heterocycles. The fourth-order valence-electron chi connectivity index (χ4n) is 5.38. The highest BCUT2D eigenvalue weighted by Gasteiger charge is 2.24. The lowest BCUT2D eigenvalue weighted by atomic mass is 9.97. The summed E-state index contributed by atoms with van der Waals surface area (Å²) >= 11 is 7.20. The lowest BCUT2D eigenvalue weighted by molar-refractivity contribution is 0.774. The van der Waals surface area contributed by atoms with Gasteiger partial charge in [0.15, 0.2) is 5.43 Å². The maximum atomic E-state index is 14.5. The summed E-state index contributed by atoms with van der Waals surface area (Å²) in [7, 11) is 0. The quantitative estimate of drug-likeness (QED) is 0.238. The van der Waals surface area contributed by atoms with Crippen LogP contribution >= 0.6 is 11.6 Å². The molecule has 0 amide bonds. The van der Waals surface area contributed by atoms with Gasteiger partial charge in [-0.05, 0) is 42.3 Å². The van der Waals surface area contributed by atoms with E-state index in [1.54, 1.807) is 17.0 Å². The maximum Gasteiger partial charge on any atom is 0.263 e. The predicted octanol–water partition coefficient (Wildman–Crippen LogP) is 5.99. The number of H-pyrrole nitrogens is 2. The second-order valence-electron chi connectivity index (χ2n) is 9.73. The van der Waals surface area contributed by atoms with Crippen LogP contribution in [0.5, 0.6) is 0 Å². The Morgan fingerprint density at radius 3 is 2.66 bits per heavy atom. The van der Waals surface area contributed by atoms with Crippen molar-refractivity contribution in [3.05, 3.63) is 123 Å². The first kappa shape index (κ1) is 24.7. The molecule has 9 nitrogen and oxygen atoms in total. The SMILES string of the molecule is C[C@H](Nc1ncnc2[nH]ccc(=O)c12)c1c(Cl)c2cccc(-c3ccc4[nH]ncc4c3)c2c(=O)n1-c1ccccc1. The highest BCUT2D eigenvalue weighted by atomic mass is 35.5. The topological polar surface area (TPSA) is 121 Å². The molecule has 3 aromatic carbocycles. The summed E-state index contributed by atoms with van der Waals surface area (Å²) in [5.41, 5.74) is 3.72. The smallest absolute Gasteiger partial charge is 0.263 e. The van der Waals surface area contributed by atoms with Crippen molar-refractivity contribution in [3.8, 4) is 16.8 Å². The number of para-hydroxylation sites is 1. The van der Waals surface area contributed by atoms with Crippen molar-refractivity contribution < 1.29 is 0 Å². The van der Waals surface area contributed by atoms with Crippen LogP contribution in [0.15, 0.2) is 101 Å². The molecule has 1 atom stereocenters. The monoisotopic (exact) mass is 559 g/mol. The zero-order chi connectivity index (χ0) is 28.1. The molecule has 10 heteroatoms. The van der Waals surface area contributed by atoms with Gasteiger partial charge in [-0.2, -0.15) is 5.10 Å². The number of nitrogens with zero attached hydrogens (tertiary/aromatic N) is 4. The predicted molar refractivity (Wildman–Crippen MR) is 162 cm³/mol. The number of pyridine rings is 2. The highest BCUT2D eigenvalue weighted by Crippen LogP contribution is 2.37. The van der Waals surface area contributed by atoms with Crippen molar-refractivity contribution in [1.29, 1.82) is 0 Å². The molecule has 0 aliphatic carbocycles. The maximum absolute atomic E-state index is 14.5. The van der Waals surface area contributed by atoms with Crippen molar-refractivity contribution in [2.24, 2.45) is 0 Å². The zero-order valence-corrected chi connectivity index (χ0v) is 22.5. The first-order valence-corrected chi connectivity index (χ1v) is 13.3. The van der Waals surface area contributed by atoms with Gasteiger partial charge >= 0.3 is 0 Å². The summed E-state index contributed by atoms with van der Waals surface area (Å²) in [6, 6.07) is 21.9. The molecule has 0 fully saturated rings. The van der Waals surface area contributed by atoms with E-state index in [0.717, 1.165) is 22.0 Å². The third-order valence-corrected chi connectivity index (χ3v) is 7.66. The van der Waals surface area contributed by atoms with Gasteiger partial charge < -0.3 is 10.3 Å². The fourth-order valence-corrected chi connectivity index (χ4v) is 5.79. The van der Waals surface area contributed by atoms with E-state index in [-0.39, 0.29) is 11.0 Å². The normalized spacial score (nSPS) is 12.2. The van der Waals surface area contributed by atoms with Crippen LogP contribution in [0.3, 0.4) is 0 Å². The van der Waals surface area contributed by atoms with Crippen LogP contribution in [0.2, 0.25) is 5.02 Å². The van der Waals surface area contributed by atoms with Crippen LogP contribution < -0.4 is 16.3 Å².